The van der Waals surface area contributed by atoms with Crippen molar-refractivity contribution in [1.29, 1.82) is 0 Å². The Balaban J connectivity index is 1.81. The van der Waals surface area contributed by atoms with Gasteiger partial charge in [-0.3, -0.25) is 0 Å². The van der Waals surface area contributed by atoms with Crippen LogP contribution in [-0.2, 0) is 38.1 Å². The Morgan fingerprint density at radius 1 is 0.571 bits per heavy atom. The first kappa shape index (κ1) is 19.3. The highest BCUT2D eigenvalue weighted by Crippen LogP contribution is 2.26. The molecule has 0 saturated carbocycles. The fraction of sp³-hybridized carbons (Fsp3) is 0.300. The summed E-state index contributed by atoms with van der Waals surface area (Å²) >= 11 is 0. The molecule has 3 rings (SSSR count). The highest BCUT2D eigenvalue weighted by atomic mass is 16.7. The Morgan fingerprint density at radius 3 is 1.07 bits per heavy atom. The Hall–Kier alpha value is -3.42. The van der Waals surface area contributed by atoms with Crippen molar-refractivity contribution < 1.29 is 38.1 Å². The largest absolute Gasteiger partial charge is 0.419 e. The van der Waals surface area contributed by atoms with Crippen molar-refractivity contribution in [2.45, 2.75) is 39.3 Å². The molecule has 2 fully saturated rings. The molecule has 0 amide bonds. The third-order valence-corrected chi connectivity index (χ3v) is 3.79. The normalized spacial score (nSPS) is 20.6. The molecule has 8 nitrogen and oxygen atoms in total. The number of hydrogen-bond acceptors (Lipinski definition) is 8. The van der Waals surface area contributed by atoms with Gasteiger partial charge in [-0.2, -0.15) is 0 Å². The van der Waals surface area contributed by atoms with Gasteiger partial charge in [0.05, 0.1) is 0 Å². The number of cyclic esters (lactones) is 4. The van der Waals surface area contributed by atoms with Crippen LogP contribution in [-0.4, -0.2) is 35.5 Å². The molecule has 0 aromatic heterocycles. The Labute approximate surface area is 160 Å². The minimum absolute atomic E-state index is 0.230. The van der Waals surface area contributed by atoms with Crippen LogP contribution in [0.4, 0.5) is 0 Å². The number of benzene rings is 1. The lowest BCUT2D eigenvalue weighted by Crippen LogP contribution is -2.41. The van der Waals surface area contributed by atoms with Crippen LogP contribution in [0.15, 0.2) is 35.4 Å². The number of carbonyl (C=O) groups is 4. The molecular weight excluding hydrogens is 368 g/mol. The van der Waals surface area contributed by atoms with Gasteiger partial charge in [0.25, 0.3) is 11.6 Å². The molecule has 0 radical (unpaired) electrons. The molecule has 0 N–H and O–H groups in total. The van der Waals surface area contributed by atoms with Crippen LogP contribution in [0, 0.1) is 0 Å². The fourth-order valence-corrected chi connectivity index (χ4v) is 2.58. The summed E-state index contributed by atoms with van der Waals surface area (Å²) in [5.41, 5.74) is 0.598. The van der Waals surface area contributed by atoms with Gasteiger partial charge in [-0.1, -0.05) is 24.3 Å². The van der Waals surface area contributed by atoms with Crippen molar-refractivity contribution in [1.82, 2.24) is 0 Å². The molecule has 1 aromatic rings. The van der Waals surface area contributed by atoms with E-state index in [1.807, 2.05) is 0 Å². The summed E-state index contributed by atoms with van der Waals surface area (Å²) in [6.07, 6.45) is 2.67. The monoisotopic (exact) mass is 386 g/mol. The summed E-state index contributed by atoms with van der Waals surface area (Å²) in [6, 6.07) is 6.40. The van der Waals surface area contributed by atoms with E-state index in [-0.39, 0.29) is 11.1 Å². The van der Waals surface area contributed by atoms with E-state index in [9.17, 15) is 19.2 Å². The second-order valence-corrected chi connectivity index (χ2v) is 7.14. The minimum atomic E-state index is -1.31. The van der Waals surface area contributed by atoms with E-state index in [0.717, 1.165) is 0 Å². The van der Waals surface area contributed by atoms with Crippen LogP contribution in [0.5, 0.6) is 0 Å². The predicted octanol–water partition coefficient (Wildman–Crippen LogP) is 2.13. The van der Waals surface area contributed by atoms with Crippen LogP contribution < -0.4 is 0 Å². The van der Waals surface area contributed by atoms with Crippen LogP contribution in [0.2, 0.25) is 0 Å². The molecule has 1 aromatic carbocycles. The van der Waals surface area contributed by atoms with Crippen LogP contribution >= 0.6 is 0 Å². The number of carbonyl (C=O) groups excluding carboxylic acids is 4. The van der Waals surface area contributed by atoms with Gasteiger partial charge < -0.3 is 18.9 Å². The number of rotatable bonds is 2. The van der Waals surface area contributed by atoms with Crippen molar-refractivity contribution >= 4 is 36.0 Å². The summed E-state index contributed by atoms with van der Waals surface area (Å²) < 4.78 is 20.1. The van der Waals surface area contributed by atoms with Gasteiger partial charge in [0.15, 0.2) is 0 Å². The van der Waals surface area contributed by atoms with E-state index in [1.54, 1.807) is 24.3 Å². The molecule has 0 unspecified atom stereocenters. The quantitative estimate of drug-likeness (QED) is 0.432. The van der Waals surface area contributed by atoms with Crippen molar-refractivity contribution in [3.8, 4) is 0 Å². The lowest BCUT2D eigenvalue weighted by atomic mass is 10.1. The van der Waals surface area contributed by atoms with Gasteiger partial charge in [-0.15, -0.1) is 0 Å². The lowest BCUT2D eigenvalue weighted by Gasteiger charge is -2.29. The smallest absolute Gasteiger partial charge is 0.348 e. The summed E-state index contributed by atoms with van der Waals surface area (Å²) in [5.74, 6) is -5.71. The highest BCUT2D eigenvalue weighted by molar-refractivity contribution is 6.19. The molecule has 146 valence electrons. The van der Waals surface area contributed by atoms with Gasteiger partial charge in [-0.25, -0.2) is 19.2 Å². The van der Waals surface area contributed by atoms with Crippen molar-refractivity contribution in [3.63, 3.8) is 0 Å². The third kappa shape index (κ3) is 4.11. The number of hydrogen-bond donors (Lipinski definition) is 0. The summed E-state index contributed by atoms with van der Waals surface area (Å²) in [6.45, 7) is 5.85. The van der Waals surface area contributed by atoms with E-state index in [2.05, 4.69) is 0 Å². The molecule has 0 atom stereocenters. The van der Waals surface area contributed by atoms with Crippen LogP contribution in [0.1, 0.15) is 38.8 Å². The second-order valence-electron chi connectivity index (χ2n) is 7.14. The van der Waals surface area contributed by atoms with E-state index in [4.69, 9.17) is 18.9 Å². The van der Waals surface area contributed by atoms with Crippen molar-refractivity contribution in [3.05, 3.63) is 46.5 Å². The molecule has 2 aliphatic heterocycles. The SMILES string of the molecule is CC1(C)OC(=O)C(=Cc2ccc(C=C3C(=O)OC(C)(C)OC3=O)cc2)C(=O)O1. The predicted molar refractivity (Wildman–Crippen MR) is 94.9 cm³/mol. The maximum atomic E-state index is 12.0. The molecule has 28 heavy (non-hydrogen) atoms. The summed E-state index contributed by atoms with van der Waals surface area (Å²) in [7, 11) is 0. The summed E-state index contributed by atoms with van der Waals surface area (Å²) in [5, 5.41) is 0. The number of ether oxygens (including phenoxy) is 4. The molecule has 0 bridgehead atoms. The first-order valence-corrected chi connectivity index (χ1v) is 8.43. The lowest BCUT2D eigenvalue weighted by molar-refractivity contribution is -0.224. The number of esters is 4. The van der Waals surface area contributed by atoms with Gasteiger partial charge in [0, 0.05) is 27.7 Å². The minimum Gasteiger partial charge on any atom is -0.419 e. The molecule has 2 saturated heterocycles. The van der Waals surface area contributed by atoms with Gasteiger partial charge in [0.1, 0.15) is 11.1 Å². The third-order valence-electron chi connectivity index (χ3n) is 3.79. The molecule has 0 spiro atoms. The van der Waals surface area contributed by atoms with Gasteiger partial charge in [-0.05, 0) is 23.3 Å². The average Bonchev–Trinajstić information content (AvgIpc) is 2.54. The fourth-order valence-electron chi connectivity index (χ4n) is 2.58. The molecule has 8 heteroatoms. The van der Waals surface area contributed by atoms with E-state index >= 15 is 0 Å². The maximum absolute atomic E-state index is 12.0. The topological polar surface area (TPSA) is 105 Å². The highest BCUT2D eigenvalue weighted by Gasteiger charge is 2.39. The van der Waals surface area contributed by atoms with E-state index in [1.165, 1.54) is 39.8 Å². The van der Waals surface area contributed by atoms with Crippen molar-refractivity contribution in [2.75, 3.05) is 0 Å². The van der Waals surface area contributed by atoms with E-state index < -0.39 is 35.5 Å². The standard InChI is InChI=1S/C20H18O8/c1-19(2)25-15(21)13(16(22)26-19)9-11-5-7-12(8-6-11)10-14-17(23)27-20(3,4)28-18(14)24/h5-10H,1-4H3. The van der Waals surface area contributed by atoms with Crippen LogP contribution in [0.3, 0.4) is 0 Å². The average molecular weight is 386 g/mol. The molecule has 2 aliphatic rings. The Bertz CT molecular complexity index is 810. The second kappa shape index (κ2) is 6.63. The van der Waals surface area contributed by atoms with Crippen molar-refractivity contribution in [2.24, 2.45) is 0 Å². The Kier molecular flexibility index (Phi) is 4.58. The first-order valence-electron chi connectivity index (χ1n) is 8.43. The Morgan fingerprint density at radius 2 is 0.821 bits per heavy atom. The maximum Gasteiger partial charge on any atom is 0.348 e. The van der Waals surface area contributed by atoms with Gasteiger partial charge in [0.2, 0.25) is 0 Å². The summed E-state index contributed by atoms with van der Waals surface area (Å²) in [4.78, 5) is 47.9. The zero-order valence-corrected chi connectivity index (χ0v) is 15.7. The van der Waals surface area contributed by atoms with Gasteiger partial charge >= 0.3 is 23.9 Å². The molecule has 2 heterocycles. The first-order chi connectivity index (χ1) is 13.0. The zero-order chi connectivity index (χ0) is 20.7. The van der Waals surface area contributed by atoms with E-state index in [0.29, 0.717) is 11.1 Å². The molecule has 0 aliphatic carbocycles. The molecular formula is C20H18O8. The zero-order valence-electron chi connectivity index (χ0n) is 15.7. The van der Waals surface area contributed by atoms with Crippen LogP contribution in [0.25, 0.3) is 12.2 Å².